The van der Waals surface area contributed by atoms with Crippen LogP contribution in [0.5, 0.6) is 0 Å². The van der Waals surface area contributed by atoms with Crippen molar-refractivity contribution in [3.05, 3.63) is 0 Å². The van der Waals surface area contributed by atoms with Crippen LogP contribution in [-0.4, -0.2) is 27.0 Å². The van der Waals surface area contributed by atoms with E-state index in [2.05, 4.69) is 4.18 Å². The van der Waals surface area contributed by atoms with Crippen molar-refractivity contribution in [2.24, 2.45) is 0 Å². The largest absolute Gasteiger partial charge is 0.352 e. The minimum Gasteiger partial charge on any atom is -0.273 e. The summed E-state index contributed by atoms with van der Waals surface area (Å²) < 4.78 is 55.3. The maximum absolute atomic E-state index is 10.9. The van der Waals surface area contributed by atoms with Gasteiger partial charge in [0, 0.05) is 0 Å². The van der Waals surface area contributed by atoms with Crippen molar-refractivity contribution < 1.29 is 25.6 Å². The number of rotatable bonds is 4. The van der Waals surface area contributed by atoms with Crippen LogP contribution in [0.25, 0.3) is 0 Å². The van der Waals surface area contributed by atoms with Gasteiger partial charge in [-0.15, -0.1) is 6.42 Å². The zero-order chi connectivity index (χ0) is 11.6. The summed E-state index contributed by atoms with van der Waals surface area (Å²) in [7, 11) is -9.53. The zero-order valence-electron chi connectivity index (χ0n) is 7.38. The molecule has 14 heavy (non-hydrogen) atoms. The lowest BCUT2D eigenvalue weighted by Gasteiger charge is -2.16. The summed E-state index contributed by atoms with van der Waals surface area (Å²) in [6.07, 6.45) is 4.90. The van der Waals surface area contributed by atoms with Crippen LogP contribution in [0.1, 0.15) is 13.8 Å². The highest BCUT2D eigenvalue weighted by atomic mass is 32.3. The summed E-state index contributed by atoms with van der Waals surface area (Å²) in [6, 6.07) is 0. The Bertz CT molecular complexity index is 439. The van der Waals surface area contributed by atoms with Gasteiger partial charge in [0.15, 0.2) is 0 Å². The van der Waals surface area contributed by atoms with Gasteiger partial charge in [0.1, 0.15) is 5.60 Å². The summed E-state index contributed by atoms with van der Waals surface area (Å²) in [6.45, 7) is 2.46. The van der Waals surface area contributed by atoms with Gasteiger partial charge in [-0.1, -0.05) is 10.0 Å². The van der Waals surface area contributed by atoms with Gasteiger partial charge in [0.25, 0.3) is 0 Å². The Hall–Kier alpha value is -0.660. The fraction of sp³-hybridized carbons (Fsp3) is 0.600. The van der Waals surface area contributed by atoms with E-state index in [-0.39, 0.29) is 0 Å². The SMILES string of the molecule is C#CC(C)(C)OS(=O)(=O)NS(=O)(=O)O. The second-order valence-corrected chi connectivity index (χ2v) is 5.44. The second-order valence-electron chi connectivity index (χ2n) is 2.75. The first-order chi connectivity index (χ1) is 5.97. The molecule has 0 aliphatic rings. The van der Waals surface area contributed by atoms with E-state index in [0.717, 1.165) is 4.13 Å². The van der Waals surface area contributed by atoms with Crippen LogP contribution in [0.4, 0.5) is 0 Å². The molecule has 0 bridgehead atoms. The molecule has 2 N–H and O–H groups in total. The number of terminal acetylenes is 1. The lowest BCUT2D eigenvalue weighted by Crippen LogP contribution is -2.37. The minimum atomic E-state index is -4.89. The quantitative estimate of drug-likeness (QED) is 0.486. The van der Waals surface area contributed by atoms with Crippen molar-refractivity contribution in [2.75, 3.05) is 0 Å². The van der Waals surface area contributed by atoms with Gasteiger partial charge in [-0.25, -0.2) is 4.18 Å². The molecule has 0 rings (SSSR count). The van der Waals surface area contributed by atoms with Crippen LogP contribution in [0.15, 0.2) is 0 Å². The predicted molar refractivity (Wildman–Crippen MR) is 47.6 cm³/mol. The van der Waals surface area contributed by atoms with E-state index >= 15 is 0 Å². The van der Waals surface area contributed by atoms with Crippen molar-refractivity contribution in [3.8, 4) is 12.3 Å². The van der Waals surface area contributed by atoms with Crippen LogP contribution in [0.3, 0.4) is 0 Å². The van der Waals surface area contributed by atoms with E-state index in [4.69, 9.17) is 11.0 Å². The van der Waals surface area contributed by atoms with Gasteiger partial charge in [0.05, 0.1) is 0 Å². The molecule has 0 aromatic carbocycles. The Kier molecular flexibility index (Phi) is 3.65. The number of hydrogen-bond donors (Lipinski definition) is 2. The lowest BCUT2D eigenvalue weighted by molar-refractivity contribution is 0.179. The first-order valence-corrected chi connectivity index (χ1v) is 6.02. The third-order valence-corrected chi connectivity index (χ3v) is 3.17. The summed E-state index contributed by atoms with van der Waals surface area (Å²) >= 11 is 0. The van der Waals surface area contributed by atoms with E-state index in [9.17, 15) is 16.8 Å². The molecule has 82 valence electrons. The van der Waals surface area contributed by atoms with E-state index in [1.165, 1.54) is 13.8 Å². The van der Waals surface area contributed by atoms with Crippen molar-refractivity contribution in [1.29, 1.82) is 0 Å². The van der Waals surface area contributed by atoms with Crippen molar-refractivity contribution >= 4 is 20.6 Å². The summed E-state index contributed by atoms with van der Waals surface area (Å²) in [5.41, 5.74) is -1.50. The van der Waals surface area contributed by atoms with Gasteiger partial charge < -0.3 is 0 Å². The first-order valence-electron chi connectivity index (χ1n) is 3.17. The van der Waals surface area contributed by atoms with Crippen molar-refractivity contribution in [3.63, 3.8) is 0 Å². The number of nitrogens with one attached hydrogen (secondary N) is 1. The summed E-state index contributed by atoms with van der Waals surface area (Å²) in [5.74, 6) is 1.97. The molecule has 7 nitrogen and oxygen atoms in total. The maximum atomic E-state index is 10.9. The van der Waals surface area contributed by atoms with Gasteiger partial charge in [0.2, 0.25) is 0 Å². The zero-order valence-corrected chi connectivity index (χ0v) is 9.02. The average molecular weight is 243 g/mol. The fourth-order valence-corrected chi connectivity index (χ4v) is 2.21. The highest BCUT2D eigenvalue weighted by Gasteiger charge is 2.27. The maximum Gasteiger partial charge on any atom is 0.352 e. The molecular weight excluding hydrogens is 234 g/mol. The van der Waals surface area contributed by atoms with Gasteiger partial charge in [-0.2, -0.15) is 16.8 Å². The molecule has 0 aromatic heterocycles. The minimum absolute atomic E-state index is 0.868. The molecule has 0 radical (unpaired) electrons. The topological polar surface area (TPSA) is 110 Å². The van der Waals surface area contributed by atoms with Gasteiger partial charge in [-0.3, -0.25) is 4.55 Å². The molecule has 9 heteroatoms. The Labute approximate surface area is 82.6 Å². The van der Waals surface area contributed by atoms with E-state index in [0.29, 0.717) is 0 Å². The van der Waals surface area contributed by atoms with E-state index in [1.807, 2.05) is 5.92 Å². The third-order valence-electron chi connectivity index (χ3n) is 0.873. The molecule has 0 atom stereocenters. The Morgan fingerprint density at radius 3 is 2.07 bits per heavy atom. The Balaban J connectivity index is 4.81. The van der Waals surface area contributed by atoms with E-state index in [1.54, 1.807) is 0 Å². The molecule has 0 saturated heterocycles. The molecule has 0 aliphatic carbocycles. The highest BCUT2D eigenvalue weighted by Crippen LogP contribution is 2.10. The van der Waals surface area contributed by atoms with Crippen LogP contribution >= 0.6 is 0 Å². The highest BCUT2D eigenvalue weighted by molar-refractivity contribution is 7.99. The van der Waals surface area contributed by atoms with Crippen molar-refractivity contribution in [2.45, 2.75) is 19.4 Å². The molecule has 0 aliphatic heterocycles. The monoisotopic (exact) mass is 243 g/mol. The predicted octanol–water partition coefficient (Wildman–Crippen LogP) is -0.948. The third kappa shape index (κ3) is 5.90. The molecule has 0 fully saturated rings. The smallest absolute Gasteiger partial charge is 0.273 e. The van der Waals surface area contributed by atoms with Crippen LogP contribution < -0.4 is 4.13 Å². The average Bonchev–Trinajstić information content (AvgIpc) is 1.78. The van der Waals surface area contributed by atoms with E-state index < -0.39 is 26.2 Å². The Morgan fingerprint density at radius 2 is 1.79 bits per heavy atom. The molecule has 0 saturated carbocycles. The van der Waals surface area contributed by atoms with Crippen LogP contribution in [0, 0.1) is 12.3 Å². The van der Waals surface area contributed by atoms with Crippen molar-refractivity contribution in [1.82, 2.24) is 4.13 Å². The summed E-state index contributed by atoms with van der Waals surface area (Å²) in [4.78, 5) is 0. The van der Waals surface area contributed by atoms with Crippen LogP contribution in [-0.2, 0) is 24.8 Å². The molecule has 0 aromatic rings. The van der Waals surface area contributed by atoms with Crippen LogP contribution in [0.2, 0.25) is 0 Å². The molecule has 0 heterocycles. The first kappa shape index (κ1) is 13.3. The van der Waals surface area contributed by atoms with Gasteiger partial charge in [-0.05, 0) is 13.8 Å². The Morgan fingerprint density at radius 1 is 1.36 bits per heavy atom. The molecular formula is C5H9NO6S2. The number of hydrogen-bond acceptors (Lipinski definition) is 5. The van der Waals surface area contributed by atoms with Gasteiger partial charge >= 0.3 is 20.6 Å². The molecule has 0 unspecified atom stereocenters. The normalized spacial score (nSPS) is 13.6. The molecule has 0 amide bonds. The fourth-order valence-electron chi connectivity index (χ4n) is 0.444. The molecule has 0 spiro atoms. The lowest BCUT2D eigenvalue weighted by atomic mass is 10.2. The standard InChI is InChI=1S/C5H9NO6S2/c1-4-5(2,3)12-14(10,11)6-13(7,8)9/h1,6H,2-3H3,(H,7,8,9). The second kappa shape index (κ2) is 3.84. The summed E-state index contributed by atoms with van der Waals surface area (Å²) in [5, 5.41) is 0.